The number of ether oxygens (including phenoxy) is 4. The molecule has 0 radical (unpaired) electrons. The average Bonchev–Trinajstić information content (AvgIpc) is 3.32. The first-order valence-corrected chi connectivity index (χ1v) is 29.1. The number of aliphatic hydroxyl groups excluding tert-OH is 5. The van der Waals surface area contributed by atoms with E-state index in [0.717, 1.165) is 55.2 Å². The number of fused-ring (bicyclic) bond motifs is 3. The molecule has 73 heavy (non-hydrogen) atoms. The first-order chi connectivity index (χ1) is 34.7. The van der Waals surface area contributed by atoms with Gasteiger partial charge in [-0.1, -0.05) is 135 Å². The minimum Gasteiger partial charge on any atom is -0.462 e. The molecule has 2 bridgehead atoms. The van der Waals surface area contributed by atoms with Crippen LogP contribution in [0.1, 0.15) is 168 Å². The van der Waals surface area contributed by atoms with Crippen LogP contribution < -0.4 is 11.4 Å². The van der Waals surface area contributed by atoms with Crippen LogP contribution in [0.3, 0.4) is 0 Å². The molecular formula is C49H85N3O19P2. The first kappa shape index (κ1) is 64.4. The van der Waals surface area contributed by atoms with Crippen LogP contribution in [0.5, 0.6) is 0 Å². The number of unbranched alkanes of at least 4 members (excludes halogenated alkanes) is 12. The smallest absolute Gasteiger partial charge is 0.462 e. The first-order valence-electron chi connectivity index (χ1n) is 26.1. The van der Waals surface area contributed by atoms with E-state index in [4.69, 9.17) is 33.7 Å². The maximum Gasteiger partial charge on any atom is 0.481 e. The summed E-state index contributed by atoms with van der Waals surface area (Å²) in [5, 5.41) is 56.8. The molecule has 3 rings (SSSR count). The largest absolute Gasteiger partial charge is 0.481 e. The Hall–Kier alpha value is -2.92. The molecule has 1 aromatic rings. The van der Waals surface area contributed by atoms with Gasteiger partial charge in [0.15, 0.2) is 12.4 Å². The fourth-order valence-corrected chi connectivity index (χ4v) is 10.5. The lowest BCUT2D eigenvalue weighted by atomic mass is 9.92. The number of carbonyl (C=O) groups is 2. The number of hydrogen-bond acceptors (Lipinski definition) is 19. The van der Waals surface area contributed by atoms with Crippen LogP contribution in [-0.4, -0.2) is 126 Å². The number of nitrogen functional groups attached to an aromatic ring is 1. The summed E-state index contributed by atoms with van der Waals surface area (Å²) in [5.74, 6) is -2.09. The van der Waals surface area contributed by atoms with Crippen LogP contribution in [0, 0.1) is 11.8 Å². The maximum absolute atomic E-state index is 13.4. The van der Waals surface area contributed by atoms with E-state index in [1.165, 1.54) is 63.2 Å². The molecule has 0 amide bonds. The third kappa shape index (κ3) is 26.6. The van der Waals surface area contributed by atoms with Gasteiger partial charge in [0.05, 0.1) is 25.4 Å². The van der Waals surface area contributed by atoms with Crippen LogP contribution >= 0.6 is 15.6 Å². The van der Waals surface area contributed by atoms with Gasteiger partial charge in [0.1, 0.15) is 43.1 Å². The summed E-state index contributed by atoms with van der Waals surface area (Å²) in [7, 11) is -11.3. The Bertz CT molecular complexity index is 1960. The zero-order valence-electron chi connectivity index (χ0n) is 42.9. The van der Waals surface area contributed by atoms with E-state index in [-0.39, 0.29) is 37.9 Å². The summed E-state index contributed by atoms with van der Waals surface area (Å²) in [5.41, 5.74) is 4.75. The number of carbonyl (C=O) groups excluding carboxylic acids is 2. The number of rotatable bonds is 23. The van der Waals surface area contributed by atoms with Crippen molar-refractivity contribution in [2.75, 3.05) is 25.6 Å². The van der Waals surface area contributed by atoms with Gasteiger partial charge in [-0.25, -0.2) is 13.9 Å². The Kier molecular flexibility index (Phi) is 30.6. The Morgan fingerprint density at radius 3 is 2.15 bits per heavy atom. The van der Waals surface area contributed by atoms with Crippen LogP contribution in [-0.2, 0) is 51.0 Å². The Morgan fingerprint density at radius 1 is 0.877 bits per heavy atom. The van der Waals surface area contributed by atoms with Crippen molar-refractivity contribution in [3.8, 4) is 0 Å². The summed E-state index contributed by atoms with van der Waals surface area (Å²) in [6.45, 7) is 3.72. The van der Waals surface area contributed by atoms with Crippen molar-refractivity contribution in [3.63, 3.8) is 0 Å². The van der Waals surface area contributed by atoms with Crippen molar-refractivity contribution >= 4 is 33.4 Å². The van der Waals surface area contributed by atoms with Crippen molar-refractivity contribution in [2.45, 2.75) is 217 Å². The molecule has 1 saturated heterocycles. The highest BCUT2D eigenvalue weighted by Gasteiger charge is 2.44. The molecule has 0 spiro atoms. The van der Waals surface area contributed by atoms with E-state index in [0.29, 0.717) is 19.3 Å². The predicted octanol–water partition coefficient (Wildman–Crippen LogP) is 6.58. The predicted molar refractivity (Wildman–Crippen MR) is 269 cm³/mol. The van der Waals surface area contributed by atoms with Crippen molar-refractivity contribution in [3.05, 3.63) is 47.1 Å². The maximum atomic E-state index is 13.4. The van der Waals surface area contributed by atoms with E-state index in [1.54, 1.807) is 12.2 Å². The monoisotopic (exact) mass is 1080 g/mol. The second-order valence-electron chi connectivity index (χ2n) is 19.4. The van der Waals surface area contributed by atoms with Crippen LogP contribution in [0.2, 0.25) is 0 Å². The number of aromatic nitrogens is 2. The summed E-state index contributed by atoms with van der Waals surface area (Å²) in [6.07, 6.45) is 7.01. The second kappa shape index (κ2) is 34.7. The van der Waals surface area contributed by atoms with E-state index in [1.807, 2.05) is 6.92 Å². The van der Waals surface area contributed by atoms with Gasteiger partial charge in [0, 0.05) is 31.4 Å². The highest BCUT2D eigenvalue weighted by molar-refractivity contribution is 7.61. The minimum atomic E-state index is -5.73. The normalized spacial score (nSPS) is 30.2. The van der Waals surface area contributed by atoms with Crippen LogP contribution in [0.15, 0.2) is 41.4 Å². The molecule has 12 atom stereocenters. The number of nitrogens with zero attached hydrogens (tertiary/aromatic N) is 2. The summed E-state index contributed by atoms with van der Waals surface area (Å²) in [4.78, 5) is 64.2. The third-order valence-corrected chi connectivity index (χ3v) is 15.1. The lowest BCUT2D eigenvalue weighted by molar-refractivity contribution is -0.192. The van der Waals surface area contributed by atoms with Crippen LogP contribution in [0.4, 0.5) is 5.82 Å². The number of anilines is 1. The fraction of sp³-hybridized carbons (Fsp3) is 0.796. The fourth-order valence-electron chi connectivity index (χ4n) is 8.35. The molecule has 1 fully saturated rings. The molecule has 0 aliphatic carbocycles. The van der Waals surface area contributed by atoms with E-state index < -0.39 is 121 Å². The molecule has 420 valence electrons. The second-order valence-corrected chi connectivity index (χ2v) is 22.4. The number of esters is 2. The zero-order chi connectivity index (χ0) is 53.8. The SMILES string of the molecule is CCCCC[C@H](O)/C=C/[C@H]1OC(O)C[C@H](O)[C@@H]2CC=CCCCC(=O)O[C@H](COC(=O)CCCCCCCCCCCCCC(C)C)COP(=O)(O)OP(=O)(O)OC[C@@H](O[C@H]2n2ccc(N)nc2=O)[C@@H](O)[C@H]1O. The van der Waals surface area contributed by atoms with Crippen molar-refractivity contribution in [1.29, 1.82) is 0 Å². The molecule has 22 nitrogen and oxygen atoms in total. The van der Waals surface area contributed by atoms with Gasteiger partial charge in [-0.3, -0.25) is 23.2 Å². The van der Waals surface area contributed by atoms with Crippen molar-refractivity contribution in [1.82, 2.24) is 9.55 Å². The van der Waals surface area contributed by atoms with Gasteiger partial charge in [-0.15, -0.1) is 0 Å². The number of aliphatic hydroxyl groups is 5. The summed E-state index contributed by atoms with van der Waals surface area (Å²) < 4.78 is 64.7. The van der Waals surface area contributed by atoms with Gasteiger partial charge >= 0.3 is 33.3 Å². The molecule has 1 aromatic heterocycles. The highest BCUT2D eigenvalue weighted by atomic mass is 31.3. The molecule has 2 aliphatic rings. The van der Waals surface area contributed by atoms with Gasteiger partial charge in [0.25, 0.3) is 0 Å². The Labute approximate surface area is 429 Å². The molecular weight excluding hydrogens is 996 g/mol. The topological polar surface area (TPSA) is 335 Å². The van der Waals surface area contributed by atoms with Crippen molar-refractivity contribution in [2.24, 2.45) is 11.8 Å². The van der Waals surface area contributed by atoms with Crippen molar-refractivity contribution < 1.29 is 86.3 Å². The van der Waals surface area contributed by atoms with Gasteiger partial charge in [-0.2, -0.15) is 9.29 Å². The lowest BCUT2D eigenvalue weighted by Gasteiger charge is -2.36. The average molecular weight is 1080 g/mol. The number of phosphoric acid groups is 2. The Balaban J connectivity index is 1.81. The molecule has 0 saturated carbocycles. The number of allylic oxidation sites excluding steroid dienone is 2. The number of phosphoric ester groups is 2. The van der Waals surface area contributed by atoms with E-state index in [9.17, 15) is 58.8 Å². The van der Waals surface area contributed by atoms with Gasteiger partial charge in [-0.05, 0) is 44.1 Å². The minimum absolute atomic E-state index is 0.0761. The van der Waals surface area contributed by atoms with Gasteiger partial charge in [0.2, 0.25) is 0 Å². The van der Waals surface area contributed by atoms with E-state index >= 15 is 0 Å². The quantitative estimate of drug-likeness (QED) is 0.0248. The number of cyclic esters (lactones) is 1. The van der Waals surface area contributed by atoms with Gasteiger partial charge < -0.3 is 60.0 Å². The van der Waals surface area contributed by atoms with E-state index in [2.05, 4.69) is 23.1 Å². The molecule has 9 N–H and O–H groups in total. The lowest BCUT2D eigenvalue weighted by Crippen LogP contribution is -2.49. The molecule has 2 aliphatic heterocycles. The number of nitrogens with two attached hydrogens (primary N) is 1. The zero-order valence-corrected chi connectivity index (χ0v) is 44.7. The molecule has 3 unspecified atom stereocenters. The molecule has 0 aromatic carbocycles. The number of hydrogen-bond donors (Lipinski definition) is 8. The molecule has 3 heterocycles. The third-order valence-electron chi connectivity index (χ3n) is 12.5. The summed E-state index contributed by atoms with van der Waals surface area (Å²) >= 11 is 0. The molecule has 24 heteroatoms. The Morgan fingerprint density at radius 2 is 1.51 bits per heavy atom. The standard InChI is InChI=1S/C49H85N3O19P2/c1-4-5-17-23-36(53)27-28-40-46(58)47(59)41-34-67-73(63,64)71-72(61,62)66-33-37(32-65-43(55)25-20-14-12-10-8-6-7-9-11-13-18-22-35(2)3)68-44(56)26-21-16-15-19-24-38(39(54)31-45(57)69-40)48(70-41)52-30-29-42(50)51-49(52)60/h15,19,27-30,35-41,45-48,53-54,57-59H,4-14,16-18,20-26,31-34H2,1-3H3,(H,61,62)(H,63,64)(H2,50,51,60)/b19-15?,28-27+/t36-,37+,38-,39-,40+,41+,45?,46-,47+,48+/m0/s1. The summed E-state index contributed by atoms with van der Waals surface area (Å²) in [6, 6.07) is 1.23. The van der Waals surface area contributed by atoms with Crippen LogP contribution in [0.25, 0.3) is 0 Å². The highest BCUT2D eigenvalue weighted by Crippen LogP contribution is 2.60.